The number of imidazole rings is 2. The molecule has 8 rings (SSSR count). The van der Waals surface area contributed by atoms with Gasteiger partial charge in [0.15, 0.2) is 0 Å². The Labute approximate surface area is 333 Å². The molecule has 4 fully saturated rings. The van der Waals surface area contributed by atoms with Crippen molar-refractivity contribution < 1.29 is 43.3 Å². The van der Waals surface area contributed by atoms with Gasteiger partial charge in [-0.1, -0.05) is 30.3 Å². The number of rotatable bonds is 12. The lowest BCUT2D eigenvalue weighted by Crippen LogP contribution is -2.49. The summed E-state index contributed by atoms with van der Waals surface area (Å²) in [5, 5.41) is 15.1. The quantitative estimate of drug-likeness (QED) is 0.0854. The molecule has 2 aliphatic carbocycles. The Morgan fingerprint density at radius 3 is 1.62 bits per heavy atom. The number of hydrogen-bond acceptors (Lipinski definition) is 10. The fraction of sp³-hybridized carbons (Fsp3) is 0.439. The molecule has 58 heavy (non-hydrogen) atoms. The van der Waals surface area contributed by atoms with Gasteiger partial charge in [-0.15, -0.1) is 0 Å². The maximum atomic E-state index is 13.6. The lowest BCUT2D eigenvalue weighted by Gasteiger charge is -2.28. The van der Waals surface area contributed by atoms with Crippen molar-refractivity contribution >= 4 is 30.2 Å². The van der Waals surface area contributed by atoms with E-state index in [1.807, 2.05) is 30.3 Å². The number of H-pyrrole nitrogens is 2. The van der Waals surface area contributed by atoms with Crippen LogP contribution >= 0.6 is 0 Å². The first-order valence-corrected chi connectivity index (χ1v) is 19.7. The normalized spacial score (nSPS) is 20.0. The van der Waals surface area contributed by atoms with Gasteiger partial charge in [0.05, 0.1) is 50.1 Å². The molecule has 2 aromatic heterocycles. The van der Waals surface area contributed by atoms with Gasteiger partial charge in [0.25, 0.3) is 0 Å². The number of nitrogens with zero attached hydrogens (tertiary/aromatic N) is 4. The second-order valence-corrected chi connectivity index (χ2v) is 15.3. The molecular formula is C41H46N8O9. The number of amides is 4. The van der Waals surface area contributed by atoms with Crippen molar-refractivity contribution in [2.45, 2.75) is 75.5 Å². The van der Waals surface area contributed by atoms with E-state index in [0.717, 1.165) is 61.8 Å². The van der Waals surface area contributed by atoms with Crippen LogP contribution in [0.5, 0.6) is 5.75 Å². The number of aromatic nitrogens is 4. The molecule has 2 saturated carbocycles. The molecule has 0 spiro atoms. The zero-order chi connectivity index (χ0) is 40.5. The second-order valence-electron chi connectivity index (χ2n) is 15.3. The molecule has 17 nitrogen and oxygen atoms in total. The number of hydrogen-bond donors (Lipinski definition) is 5. The van der Waals surface area contributed by atoms with Crippen LogP contribution < -0.4 is 15.4 Å². The molecule has 2 aromatic carbocycles. The van der Waals surface area contributed by atoms with E-state index in [9.17, 15) is 29.1 Å². The summed E-state index contributed by atoms with van der Waals surface area (Å²) in [6, 6.07) is 11.0. The Morgan fingerprint density at radius 2 is 1.16 bits per heavy atom. The van der Waals surface area contributed by atoms with E-state index < -0.39 is 30.4 Å². The van der Waals surface area contributed by atoms with E-state index in [0.29, 0.717) is 48.0 Å². The van der Waals surface area contributed by atoms with E-state index in [1.165, 1.54) is 14.2 Å². The highest BCUT2D eigenvalue weighted by Crippen LogP contribution is 2.40. The minimum Gasteiger partial charge on any atom is -0.453 e. The number of ether oxygens (including phenoxy) is 3. The standard InChI is InChI=1S/C41H46N8O9/c1-56-39(52)46-33(24-11-12-24)37(50)48-17-3-5-30(48)35-42-20-28(44-35)23-9-7-22(8-10-23)27-16-15-26(19-32(27)58-41(54)55)29-21-43-36(45-29)31-6-4-18-49(31)38(51)34(25-13-14-25)47-40(53)57-2/h7-10,15-16,19-21,24-25,30-31,33-34H,3-6,11-14,17-18H2,1-2H3,(H,42,44)(H,43,45)(H,46,52)(H,47,53)(H,54,55)/t30-,31-,33+,34+/m0/s1. The van der Waals surface area contributed by atoms with Crippen LogP contribution in [0.1, 0.15) is 75.1 Å². The summed E-state index contributed by atoms with van der Waals surface area (Å²) in [6.07, 6.45) is 7.19. The SMILES string of the molecule is COC(=O)N[C@@H](C(=O)N1CCC[C@H]1c1ncc(-c2ccc(-c3ccc(-c4cnc([C@@H]5CCCN5C(=O)[C@H](NC(=O)OC)C5CC5)[nH]4)cc3OC(=O)O)cc2)[nH]1)C1CC1. The first-order valence-electron chi connectivity index (χ1n) is 19.7. The number of nitrogens with one attached hydrogen (secondary N) is 4. The summed E-state index contributed by atoms with van der Waals surface area (Å²) in [7, 11) is 2.56. The third-order valence-electron chi connectivity index (χ3n) is 11.5. The monoisotopic (exact) mass is 794 g/mol. The van der Waals surface area contributed by atoms with Crippen LogP contribution in [0, 0.1) is 11.8 Å². The van der Waals surface area contributed by atoms with Gasteiger partial charge in [-0.2, -0.15) is 0 Å². The number of methoxy groups -OCH3 is 2. The van der Waals surface area contributed by atoms with Crippen molar-refractivity contribution in [2.75, 3.05) is 27.3 Å². The largest absolute Gasteiger partial charge is 0.511 e. The van der Waals surface area contributed by atoms with Crippen LogP contribution in [0.15, 0.2) is 54.9 Å². The Balaban J connectivity index is 0.974. The molecule has 304 valence electrons. The molecule has 4 atom stereocenters. The fourth-order valence-corrected chi connectivity index (χ4v) is 8.22. The Bertz CT molecular complexity index is 2190. The van der Waals surface area contributed by atoms with Gasteiger partial charge in [-0.3, -0.25) is 9.59 Å². The summed E-state index contributed by atoms with van der Waals surface area (Å²) >= 11 is 0. The van der Waals surface area contributed by atoms with Gasteiger partial charge < -0.3 is 49.7 Å². The maximum absolute atomic E-state index is 13.6. The predicted molar refractivity (Wildman–Crippen MR) is 207 cm³/mol. The number of likely N-dealkylation sites (tertiary alicyclic amines) is 2. The van der Waals surface area contributed by atoms with Crippen LogP contribution in [0.25, 0.3) is 33.6 Å². The zero-order valence-electron chi connectivity index (χ0n) is 32.2. The summed E-state index contributed by atoms with van der Waals surface area (Å²) in [5.41, 5.74) is 4.14. The Kier molecular flexibility index (Phi) is 10.8. The van der Waals surface area contributed by atoms with Crippen molar-refractivity contribution in [1.29, 1.82) is 0 Å². The van der Waals surface area contributed by atoms with Crippen molar-refractivity contribution in [3.05, 3.63) is 66.5 Å². The summed E-state index contributed by atoms with van der Waals surface area (Å²) in [6.45, 7) is 1.11. The van der Waals surface area contributed by atoms with E-state index in [-0.39, 0.29) is 41.5 Å². The van der Waals surface area contributed by atoms with Gasteiger partial charge in [0.2, 0.25) is 11.8 Å². The number of alkyl carbamates (subject to hydrolysis) is 2. The number of carbonyl (C=O) groups is 5. The number of benzene rings is 2. The summed E-state index contributed by atoms with van der Waals surface area (Å²) < 4.78 is 14.8. The Hall–Kier alpha value is -6.39. The van der Waals surface area contributed by atoms with Crippen LogP contribution in [-0.4, -0.2) is 104 Å². The number of carbonyl (C=O) groups excluding carboxylic acids is 4. The average molecular weight is 795 g/mol. The summed E-state index contributed by atoms with van der Waals surface area (Å²) in [4.78, 5) is 82.6. The summed E-state index contributed by atoms with van der Waals surface area (Å²) in [5.74, 6) is 1.29. The van der Waals surface area contributed by atoms with Crippen LogP contribution in [0.2, 0.25) is 0 Å². The highest BCUT2D eigenvalue weighted by atomic mass is 16.7. The van der Waals surface area contributed by atoms with Gasteiger partial charge in [0, 0.05) is 24.2 Å². The molecule has 4 aromatic rings. The first-order chi connectivity index (χ1) is 28.1. The van der Waals surface area contributed by atoms with E-state index >= 15 is 0 Å². The lowest BCUT2D eigenvalue weighted by molar-refractivity contribution is -0.135. The molecule has 4 aliphatic rings. The third kappa shape index (κ3) is 8.06. The first kappa shape index (κ1) is 38.5. The highest BCUT2D eigenvalue weighted by Gasteiger charge is 2.44. The van der Waals surface area contributed by atoms with Gasteiger partial charge in [-0.05, 0) is 86.5 Å². The molecule has 0 bridgehead atoms. The lowest BCUT2D eigenvalue weighted by atomic mass is 10.00. The van der Waals surface area contributed by atoms with E-state index in [1.54, 1.807) is 34.3 Å². The molecule has 0 radical (unpaired) electrons. The molecule has 0 unspecified atom stereocenters. The van der Waals surface area contributed by atoms with Gasteiger partial charge in [-0.25, -0.2) is 24.4 Å². The Morgan fingerprint density at radius 1 is 0.690 bits per heavy atom. The van der Waals surface area contributed by atoms with Crippen molar-refractivity contribution in [3.63, 3.8) is 0 Å². The smallest absolute Gasteiger partial charge is 0.453 e. The fourth-order valence-electron chi connectivity index (χ4n) is 8.22. The molecule has 17 heteroatoms. The minimum absolute atomic E-state index is 0.0805. The molecular weight excluding hydrogens is 748 g/mol. The minimum atomic E-state index is -1.46. The van der Waals surface area contributed by atoms with Gasteiger partial charge >= 0.3 is 18.3 Å². The van der Waals surface area contributed by atoms with Crippen molar-refractivity contribution in [1.82, 2.24) is 40.4 Å². The maximum Gasteiger partial charge on any atom is 0.511 e. The third-order valence-corrected chi connectivity index (χ3v) is 11.5. The second kappa shape index (κ2) is 16.2. The van der Waals surface area contributed by atoms with Crippen LogP contribution in [0.4, 0.5) is 14.4 Å². The average Bonchev–Trinajstić information content (AvgIpc) is 3.95. The molecule has 2 aliphatic heterocycles. The molecule has 4 amide bonds. The van der Waals surface area contributed by atoms with E-state index in [2.05, 4.69) is 30.6 Å². The van der Waals surface area contributed by atoms with Crippen LogP contribution in [0.3, 0.4) is 0 Å². The molecule has 5 N–H and O–H groups in total. The van der Waals surface area contributed by atoms with Crippen molar-refractivity contribution in [2.24, 2.45) is 11.8 Å². The van der Waals surface area contributed by atoms with Crippen molar-refractivity contribution in [3.8, 4) is 39.4 Å². The topological polar surface area (TPSA) is 221 Å². The predicted octanol–water partition coefficient (Wildman–Crippen LogP) is 5.79. The van der Waals surface area contributed by atoms with Crippen LogP contribution in [-0.2, 0) is 19.1 Å². The molecule has 4 heterocycles. The van der Waals surface area contributed by atoms with E-state index in [4.69, 9.17) is 14.2 Å². The number of carboxylic acid groups (broad SMARTS) is 1. The number of aromatic amines is 2. The van der Waals surface area contributed by atoms with Gasteiger partial charge in [0.1, 0.15) is 29.5 Å². The molecule has 2 saturated heterocycles. The highest BCUT2D eigenvalue weighted by molar-refractivity contribution is 5.88. The zero-order valence-corrected chi connectivity index (χ0v) is 32.2.